The molecule has 0 unspecified atom stereocenters. The number of carbonyl (C=O) groups excluding carboxylic acids is 1. The molecule has 0 radical (unpaired) electrons. The molecule has 0 saturated carbocycles. The van der Waals surface area contributed by atoms with Gasteiger partial charge in [-0.1, -0.05) is 58.0 Å². The lowest BCUT2D eigenvalue weighted by atomic mass is 10.0. The van der Waals surface area contributed by atoms with Gasteiger partial charge in [0.15, 0.2) is 0 Å². The average Bonchev–Trinajstić information content (AvgIpc) is 3.04. The zero-order valence-corrected chi connectivity index (χ0v) is 17.2. The highest BCUT2D eigenvalue weighted by atomic mass is 79.9. The molecular formula is C19H18BrN5OS. The van der Waals surface area contributed by atoms with Crippen molar-refractivity contribution < 1.29 is 4.79 Å². The number of rotatable bonds is 3. The van der Waals surface area contributed by atoms with Gasteiger partial charge in [0, 0.05) is 10.2 Å². The molecule has 0 saturated heterocycles. The van der Waals surface area contributed by atoms with Crippen LogP contribution in [0, 0.1) is 13.8 Å². The second kappa shape index (κ2) is 7.36. The Morgan fingerprint density at radius 3 is 2.70 bits per heavy atom. The van der Waals surface area contributed by atoms with Crippen LogP contribution in [0.4, 0.5) is 5.69 Å². The smallest absolute Gasteiger partial charge is 0.240 e. The quantitative estimate of drug-likeness (QED) is 0.638. The number of hydrogen-bond acceptors (Lipinski definition) is 5. The largest absolute Gasteiger partial charge is 0.325 e. The molecule has 1 aliphatic rings. The van der Waals surface area contributed by atoms with Gasteiger partial charge in [-0.15, -0.1) is 10.2 Å². The molecule has 1 aliphatic heterocycles. The first-order chi connectivity index (χ1) is 13.0. The van der Waals surface area contributed by atoms with Gasteiger partial charge < -0.3 is 10.7 Å². The van der Waals surface area contributed by atoms with Crippen LogP contribution in [-0.4, -0.2) is 26.0 Å². The lowest BCUT2D eigenvalue weighted by molar-refractivity contribution is -0.116. The second-order valence-electron chi connectivity index (χ2n) is 6.37. The van der Waals surface area contributed by atoms with Gasteiger partial charge in [-0.05, 0) is 43.2 Å². The molecule has 1 aromatic heterocycles. The van der Waals surface area contributed by atoms with Gasteiger partial charge in [0.25, 0.3) is 0 Å². The molecular weight excluding hydrogens is 426 g/mol. The van der Waals surface area contributed by atoms with Gasteiger partial charge in [-0.2, -0.15) is 0 Å². The molecule has 0 fully saturated rings. The zero-order valence-electron chi connectivity index (χ0n) is 14.8. The summed E-state index contributed by atoms with van der Waals surface area (Å²) in [5, 5.41) is 11.7. The Hall–Kier alpha value is -2.32. The fraction of sp³-hybridized carbons (Fsp3) is 0.211. The van der Waals surface area contributed by atoms with E-state index in [0.29, 0.717) is 5.16 Å². The molecule has 0 spiro atoms. The van der Waals surface area contributed by atoms with Crippen molar-refractivity contribution in [1.29, 1.82) is 0 Å². The van der Waals surface area contributed by atoms with Gasteiger partial charge in [0.1, 0.15) is 11.1 Å². The van der Waals surface area contributed by atoms with Crippen molar-refractivity contribution in [2.75, 3.05) is 10.7 Å². The predicted octanol–water partition coefficient (Wildman–Crippen LogP) is 4.06. The van der Waals surface area contributed by atoms with Gasteiger partial charge in [-0.3, -0.25) is 4.79 Å². The number of nitrogens with zero attached hydrogens (tertiary/aromatic N) is 3. The van der Waals surface area contributed by atoms with Crippen LogP contribution in [0.15, 0.2) is 58.2 Å². The van der Waals surface area contributed by atoms with Crippen LogP contribution in [0.3, 0.4) is 0 Å². The number of anilines is 1. The van der Waals surface area contributed by atoms with E-state index in [1.165, 1.54) is 11.8 Å². The van der Waals surface area contributed by atoms with Gasteiger partial charge >= 0.3 is 0 Å². The topological polar surface area (TPSA) is 71.8 Å². The van der Waals surface area contributed by atoms with Crippen molar-refractivity contribution in [3.8, 4) is 0 Å². The van der Waals surface area contributed by atoms with E-state index in [2.05, 4.69) is 36.9 Å². The number of benzene rings is 2. The van der Waals surface area contributed by atoms with Crippen LogP contribution < -0.4 is 10.7 Å². The number of fused-ring (bicyclic) bond motifs is 1. The van der Waals surface area contributed by atoms with E-state index in [0.717, 1.165) is 27.1 Å². The van der Waals surface area contributed by atoms with E-state index in [1.54, 1.807) is 0 Å². The summed E-state index contributed by atoms with van der Waals surface area (Å²) in [5.74, 6) is 0.694. The Balaban J connectivity index is 1.66. The maximum Gasteiger partial charge on any atom is 0.240 e. The minimum Gasteiger partial charge on any atom is -0.325 e. The van der Waals surface area contributed by atoms with Crippen molar-refractivity contribution in [3.63, 3.8) is 0 Å². The Kier molecular flexibility index (Phi) is 4.92. The minimum absolute atomic E-state index is 0.0707. The number of amides is 1. The summed E-state index contributed by atoms with van der Waals surface area (Å²) >= 11 is 4.88. The molecule has 6 nitrogen and oxygen atoms in total. The first-order valence-electron chi connectivity index (χ1n) is 8.50. The van der Waals surface area contributed by atoms with Crippen LogP contribution >= 0.6 is 27.7 Å². The number of nitrogens with one attached hydrogen (secondary N) is 2. The fourth-order valence-corrected chi connectivity index (χ4v) is 4.64. The average molecular weight is 444 g/mol. The van der Waals surface area contributed by atoms with Crippen LogP contribution in [0.5, 0.6) is 0 Å². The minimum atomic E-state index is -0.383. The van der Waals surface area contributed by atoms with Crippen LogP contribution in [0.2, 0.25) is 0 Å². The van der Waals surface area contributed by atoms with E-state index >= 15 is 0 Å². The summed E-state index contributed by atoms with van der Waals surface area (Å²) in [4.78, 5) is 13.2. The third kappa shape index (κ3) is 3.59. The van der Waals surface area contributed by atoms with Crippen LogP contribution in [-0.2, 0) is 4.79 Å². The number of thioether (sulfide) groups is 1. The molecule has 0 aliphatic carbocycles. The molecule has 2 atom stereocenters. The highest BCUT2D eigenvalue weighted by molar-refractivity contribution is 9.10. The fourth-order valence-electron chi connectivity index (χ4n) is 3.04. The predicted molar refractivity (Wildman–Crippen MR) is 110 cm³/mol. The first-order valence-corrected chi connectivity index (χ1v) is 10.2. The molecule has 0 bridgehead atoms. The van der Waals surface area contributed by atoms with E-state index in [4.69, 9.17) is 0 Å². The molecule has 1 amide bonds. The lowest BCUT2D eigenvalue weighted by Crippen LogP contribution is -2.41. The number of aromatic nitrogens is 3. The Bertz CT molecular complexity index is 991. The summed E-state index contributed by atoms with van der Waals surface area (Å²) in [6.45, 7) is 3.86. The molecule has 2 heterocycles. The third-order valence-corrected chi connectivity index (χ3v) is 6.17. The first kappa shape index (κ1) is 18.1. The number of hydrogen-bond donors (Lipinski definition) is 2. The zero-order chi connectivity index (χ0) is 19.0. The van der Waals surface area contributed by atoms with Crippen molar-refractivity contribution in [2.24, 2.45) is 0 Å². The van der Waals surface area contributed by atoms with Gasteiger partial charge in [0.05, 0.1) is 6.04 Å². The Morgan fingerprint density at radius 1 is 1.19 bits per heavy atom. The van der Waals surface area contributed by atoms with Crippen LogP contribution in [0.1, 0.15) is 23.0 Å². The molecule has 2 aromatic carbocycles. The highest BCUT2D eigenvalue weighted by Gasteiger charge is 2.37. The summed E-state index contributed by atoms with van der Waals surface area (Å²) in [5.41, 5.74) is 6.25. The second-order valence-corrected chi connectivity index (χ2v) is 8.39. The highest BCUT2D eigenvalue weighted by Crippen LogP contribution is 2.37. The van der Waals surface area contributed by atoms with Crippen molar-refractivity contribution in [2.45, 2.75) is 30.3 Å². The molecule has 2 N–H and O–H groups in total. The van der Waals surface area contributed by atoms with Gasteiger partial charge in [-0.25, -0.2) is 4.68 Å². The summed E-state index contributed by atoms with van der Waals surface area (Å²) in [6.07, 6.45) is 0. The Labute approximate surface area is 169 Å². The summed E-state index contributed by atoms with van der Waals surface area (Å²) < 4.78 is 2.83. The maximum absolute atomic E-state index is 13.2. The van der Waals surface area contributed by atoms with Crippen molar-refractivity contribution in [3.05, 3.63) is 70.0 Å². The molecule has 4 rings (SSSR count). The summed E-state index contributed by atoms with van der Waals surface area (Å²) in [7, 11) is 0. The number of halogens is 1. The molecule has 138 valence electrons. The van der Waals surface area contributed by atoms with E-state index in [1.807, 2.05) is 67.1 Å². The van der Waals surface area contributed by atoms with E-state index < -0.39 is 0 Å². The third-order valence-electron chi connectivity index (χ3n) is 4.46. The van der Waals surface area contributed by atoms with Crippen LogP contribution in [0.25, 0.3) is 0 Å². The molecule has 8 heteroatoms. The number of aryl methyl sites for hydroxylation is 2. The maximum atomic E-state index is 13.2. The van der Waals surface area contributed by atoms with Crippen molar-refractivity contribution >= 4 is 39.3 Å². The lowest BCUT2D eigenvalue weighted by Gasteiger charge is -2.32. The Morgan fingerprint density at radius 2 is 1.96 bits per heavy atom. The van der Waals surface area contributed by atoms with Gasteiger partial charge in [0.2, 0.25) is 11.1 Å². The monoisotopic (exact) mass is 443 g/mol. The SMILES string of the molecule is Cc1cc(Br)ccc1NC(=O)[C@@H]1Sc2nnc(C)n2N[C@H]1c1ccccc1. The normalized spacial score (nSPS) is 18.5. The van der Waals surface area contributed by atoms with E-state index in [-0.39, 0.29) is 17.2 Å². The molecule has 3 aromatic rings. The summed E-state index contributed by atoms with van der Waals surface area (Å²) in [6, 6.07) is 15.6. The van der Waals surface area contributed by atoms with E-state index in [9.17, 15) is 4.79 Å². The number of carbonyl (C=O) groups is 1. The van der Waals surface area contributed by atoms with Crippen molar-refractivity contribution in [1.82, 2.24) is 14.9 Å². The molecule has 27 heavy (non-hydrogen) atoms. The standard InChI is InChI=1S/C19H18BrN5OS/c1-11-10-14(20)8-9-15(11)21-18(26)17-16(13-6-4-3-5-7-13)24-25-12(2)22-23-19(25)27-17/h3-10,16-17,24H,1-2H3,(H,21,26)/t16-,17+/m0/s1.